The number of rotatable bonds is 2. The summed E-state index contributed by atoms with van der Waals surface area (Å²) in [5.74, 6) is -0.253. The maximum absolute atomic E-state index is 11.3. The summed E-state index contributed by atoms with van der Waals surface area (Å²) in [7, 11) is 0. The quantitative estimate of drug-likeness (QED) is 0.720. The van der Waals surface area contributed by atoms with Crippen molar-refractivity contribution in [2.45, 2.75) is 13.0 Å². The van der Waals surface area contributed by atoms with Crippen LogP contribution in [0.15, 0.2) is 24.5 Å². The van der Waals surface area contributed by atoms with E-state index in [0.29, 0.717) is 5.56 Å². The van der Waals surface area contributed by atoms with E-state index in [1.165, 1.54) is 12.4 Å². The third kappa shape index (κ3) is 2.56. The summed E-state index contributed by atoms with van der Waals surface area (Å²) in [6, 6.07) is 4.64. The zero-order valence-electron chi connectivity index (χ0n) is 7.19. The minimum absolute atomic E-state index is 0.253. The van der Waals surface area contributed by atoms with Gasteiger partial charge in [-0.2, -0.15) is 5.26 Å². The summed E-state index contributed by atoms with van der Waals surface area (Å²) in [5.41, 5.74) is 0.511. The highest BCUT2D eigenvalue weighted by Gasteiger charge is 2.07. The number of carbonyl (C=O) groups excluding carboxylic acids is 1. The molecular weight excluding hydrogens is 166 g/mol. The SMILES string of the molecule is CC(C#N)NC(=O)c1ccncc1. The Morgan fingerprint density at radius 1 is 1.62 bits per heavy atom. The number of pyridine rings is 1. The van der Waals surface area contributed by atoms with E-state index in [1.807, 2.05) is 6.07 Å². The van der Waals surface area contributed by atoms with E-state index in [2.05, 4.69) is 10.3 Å². The summed E-state index contributed by atoms with van der Waals surface area (Å²) in [5, 5.41) is 11.0. The van der Waals surface area contributed by atoms with Gasteiger partial charge in [-0.15, -0.1) is 0 Å². The molecule has 1 heterocycles. The molecule has 1 amide bonds. The van der Waals surface area contributed by atoms with E-state index in [-0.39, 0.29) is 5.91 Å². The highest BCUT2D eigenvalue weighted by atomic mass is 16.1. The normalized spacial score (nSPS) is 11.4. The summed E-state index contributed by atoms with van der Waals surface area (Å²) < 4.78 is 0. The fraction of sp³-hybridized carbons (Fsp3) is 0.222. The number of amides is 1. The Morgan fingerprint density at radius 3 is 2.77 bits per heavy atom. The van der Waals surface area contributed by atoms with Crippen LogP contribution in [-0.4, -0.2) is 16.9 Å². The van der Waals surface area contributed by atoms with E-state index in [1.54, 1.807) is 19.1 Å². The molecule has 1 aromatic heterocycles. The van der Waals surface area contributed by atoms with Crippen molar-refractivity contribution in [2.75, 3.05) is 0 Å². The Bertz CT molecular complexity index is 328. The standard InChI is InChI=1S/C9H9N3O/c1-7(6-10)12-9(13)8-2-4-11-5-3-8/h2-5,7H,1H3,(H,12,13). The van der Waals surface area contributed by atoms with Gasteiger partial charge < -0.3 is 5.32 Å². The van der Waals surface area contributed by atoms with Gasteiger partial charge in [-0.05, 0) is 19.1 Å². The molecule has 0 aliphatic rings. The van der Waals surface area contributed by atoms with Crippen LogP contribution in [0.4, 0.5) is 0 Å². The smallest absolute Gasteiger partial charge is 0.252 e. The molecular formula is C9H9N3O. The lowest BCUT2D eigenvalue weighted by atomic mass is 10.2. The molecule has 0 saturated carbocycles. The first kappa shape index (κ1) is 9.20. The maximum Gasteiger partial charge on any atom is 0.252 e. The lowest BCUT2D eigenvalue weighted by Gasteiger charge is -2.05. The fourth-order valence-electron chi connectivity index (χ4n) is 0.816. The molecule has 0 bridgehead atoms. The van der Waals surface area contributed by atoms with E-state index in [9.17, 15) is 4.79 Å². The fourth-order valence-corrected chi connectivity index (χ4v) is 0.816. The van der Waals surface area contributed by atoms with Gasteiger partial charge in [0.05, 0.1) is 6.07 Å². The molecule has 0 radical (unpaired) electrons. The molecule has 0 aliphatic heterocycles. The Kier molecular flexibility index (Phi) is 2.98. The largest absolute Gasteiger partial charge is 0.337 e. The highest BCUT2D eigenvalue weighted by molar-refractivity contribution is 5.94. The van der Waals surface area contributed by atoms with Crippen LogP contribution in [0.25, 0.3) is 0 Å². The topological polar surface area (TPSA) is 65.8 Å². The summed E-state index contributed by atoms with van der Waals surface area (Å²) in [6.45, 7) is 1.62. The van der Waals surface area contributed by atoms with Gasteiger partial charge in [0, 0.05) is 18.0 Å². The van der Waals surface area contributed by atoms with Gasteiger partial charge in [-0.25, -0.2) is 0 Å². The number of nitrogens with zero attached hydrogens (tertiary/aromatic N) is 2. The van der Waals surface area contributed by atoms with E-state index in [4.69, 9.17) is 5.26 Å². The first-order valence-corrected chi connectivity index (χ1v) is 3.84. The summed E-state index contributed by atoms with van der Waals surface area (Å²) in [4.78, 5) is 15.1. The van der Waals surface area contributed by atoms with Gasteiger partial charge in [0.15, 0.2) is 0 Å². The molecule has 1 unspecified atom stereocenters. The molecule has 66 valence electrons. The molecule has 1 rings (SSSR count). The van der Waals surface area contributed by atoms with Crippen LogP contribution in [0.2, 0.25) is 0 Å². The van der Waals surface area contributed by atoms with Gasteiger partial charge in [-0.3, -0.25) is 9.78 Å². The van der Waals surface area contributed by atoms with Crippen molar-refractivity contribution < 1.29 is 4.79 Å². The Balaban J connectivity index is 2.66. The minimum Gasteiger partial charge on any atom is -0.337 e. The minimum atomic E-state index is -0.472. The second-order valence-corrected chi connectivity index (χ2v) is 2.56. The first-order valence-electron chi connectivity index (χ1n) is 3.84. The number of hydrogen-bond acceptors (Lipinski definition) is 3. The van der Waals surface area contributed by atoms with Crippen molar-refractivity contribution in [1.29, 1.82) is 5.26 Å². The number of nitrogens with one attached hydrogen (secondary N) is 1. The maximum atomic E-state index is 11.3. The van der Waals surface area contributed by atoms with Gasteiger partial charge in [0.1, 0.15) is 6.04 Å². The lowest BCUT2D eigenvalue weighted by molar-refractivity contribution is 0.0947. The Labute approximate surface area is 76.2 Å². The second kappa shape index (κ2) is 4.21. The van der Waals surface area contributed by atoms with E-state index >= 15 is 0 Å². The zero-order valence-corrected chi connectivity index (χ0v) is 7.19. The zero-order chi connectivity index (χ0) is 9.68. The van der Waals surface area contributed by atoms with Crippen molar-refractivity contribution >= 4 is 5.91 Å². The van der Waals surface area contributed by atoms with Crippen LogP contribution in [0.5, 0.6) is 0 Å². The molecule has 4 heteroatoms. The average molecular weight is 175 g/mol. The van der Waals surface area contributed by atoms with E-state index in [0.717, 1.165) is 0 Å². The van der Waals surface area contributed by atoms with Crippen molar-refractivity contribution in [3.05, 3.63) is 30.1 Å². The van der Waals surface area contributed by atoms with E-state index < -0.39 is 6.04 Å². The van der Waals surface area contributed by atoms with Gasteiger partial charge in [0.25, 0.3) is 5.91 Å². The van der Waals surface area contributed by atoms with Crippen LogP contribution < -0.4 is 5.32 Å². The predicted molar refractivity (Wildman–Crippen MR) is 46.8 cm³/mol. The number of carbonyl (C=O) groups is 1. The van der Waals surface area contributed by atoms with Crippen molar-refractivity contribution in [2.24, 2.45) is 0 Å². The molecule has 4 nitrogen and oxygen atoms in total. The Morgan fingerprint density at radius 2 is 2.23 bits per heavy atom. The summed E-state index contributed by atoms with van der Waals surface area (Å²) >= 11 is 0. The van der Waals surface area contributed by atoms with Crippen molar-refractivity contribution in [3.8, 4) is 6.07 Å². The first-order chi connectivity index (χ1) is 6.24. The Hall–Kier alpha value is -1.89. The monoisotopic (exact) mass is 175 g/mol. The number of hydrogen-bond donors (Lipinski definition) is 1. The van der Waals surface area contributed by atoms with Crippen molar-refractivity contribution in [3.63, 3.8) is 0 Å². The predicted octanol–water partition coefficient (Wildman–Crippen LogP) is 0.723. The highest BCUT2D eigenvalue weighted by Crippen LogP contribution is 1.96. The van der Waals surface area contributed by atoms with Crippen LogP contribution in [0.3, 0.4) is 0 Å². The molecule has 13 heavy (non-hydrogen) atoms. The van der Waals surface area contributed by atoms with Gasteiger partial charge >= 0.3 is 0 Å². The number of aromatic nitrogens is 1. The lowest BCUT2D eigenvalue weighted by Crippen LogP contribution is -2.31. The van der Waals surface area contributed by atoms with Crippen LogP contribution in [0, 0.1) is 11.3 Å². The van der Waals surface area contributed by atoms with Crippen molar-refractivity contribution in [1.82, 2.24) is 10.3 Å². The third-order valence-corrected chi connectivity index (χ3v) is 1.48. The van der Waals surface area contributed by atoms with Crippen LogP contribution in [-0.2, 0) is 0 Å². The van der Waals surface area contributed by atoms with Crippen LogP contribution >= 0.6 is 0 Å². The average Bonchev–Trinajstić information content (AvgIpc) is 2.19. The molecule has 0 aromatic carbocycles. The second-order valence-electron chi connectivity index (χ2n) is 2.56. The number of nitriles is 1. The van der Waals surface area contributed by atoms with Gasteiger partial charge in [-0.1, -0.05) is 0 Å². The third-order valence-electron chi connectivity index (χ3n) is 1.48. The molecule has 0 aliphatic carbocycles. The molecule has 0 spiro atoms. The van der Waals surface area contributed by atoms with Gasteiger partial charge in [0.2, 0.25) is 0 Å². The molecule has 1 aromatic rings. The summed E-state index contributed by atoms with van der Waals surface area (Å²) in [6.07, 6.45) is 3.07. The molecule has 1 N–H and O–H groups in total. The molecule has 0 saturated heterocycles. The van der Waals surface area contributed by atoms with Crippen LogP contribution in [0.1, 0.15) is 17.3 Å². The molecule has 1 atom stereocenters. The molecule has 0 fully saturated rings.